The van der Waals surface area contributed by atoms with Crippen LogP contribution in [0.4, 0.5) is 5.82 Å². The highest BCUT2D eigenvalue weighted by Crippen LogP contribution is 2.35. The Kier molecular flexibility index (Phi) is 4.09. The molecule has 0 aliphatic rings. The topological polar surface area (TPSA) is 98.3 Å². The maximum absolute atomic E-state index is 11.1. The van der Waals surface area contributed by atoms with Crippen molar-refractivity contribution in [2.24, 2.45) is 7.05 Å². The summed E-state index contributed by atoms with van der Waals surface area (Å²) in [6.45, 7) is 0. The van der Waals surface area contributed by atoms with E-state index in [1.54, 1.807) is 19.2 Å². The van der Waals surface area contributed by atoms with Crippen molar-refractivity contribution in [2.45, 2.75) is 9.92 Å². The number of imidazole rings is 1. The normalized spacial score (nSPS) is 10.5. The summed E-state index contributed by atoms with van der Waals surface area (Å²) in [6, 6.07) is 4.72. The predicted octanol–water partition coefficient (Wildman–Crippen LogP) is 2.94. The van der Waals surface area contributed by atoms with Crippen LogP contribution in [-0.4, -0.2) is 25.6 Å². The van der Waals surface area contributed by atoms with Crippen LogP contribution in [0, 0.1) is 10.1 Å². The molecule has 104 valence electrons. The number of aromatic carboxylic acids is 1. The molecule has 2 rings (SSSR count). The van der Waals surface area contributed by atoms with E-state index in [1.807, 2.05) is 0 Å². The van der Waals surface area contributed by atoms with Gasteiger partial charge in [0.15, 0.2) is 5.03 Å². The Hall–Kier alpha value is -1.87. The summed E-state index contributed by atoms with van der Waals surface area (Å²) < 4.78 is 1.97. The van der Waals surface area contributed by atoms with Gasteiger partial charge in [0.2, 0.25) is 6.33 Å². The largest absolute Gasteiger partial charge is 0.478 e. The number of halogens is 1. The first kappa shape index (κ1) is 14.5. The summed E-state index contributed by atoms with van der Waals surface area (Å²) in [5, 5.41) is 20.3. The minimum atomic E-state index is -1.07. The third-order valence-corrected chi connectivity index (χ3v) is 4.27. The maximum atomic E-state index is 11.1. The van der Waals surface area contributed by atoms with Gasteiger partial charge in [-0.05, 0) is 44.0 Å². The number of hydrogen-bond donors (Lipinski definition) is 1. The molecule has 0 saturated heterocycles. The molecule has 0 fully saturated rings. The number of nitro groups is 1. The van der Waals surface area contributed by atoms with Gasteiger partial charge in [-0.3, -0.25) is 0 Å². The first-order chi connectivity index (χ1) is 9.40. The van der Waals surface area contributed by atoms with Gasteiger partial charge in [-0.1, -0.05) is 11.8 Å². The van der Waals surface area contributed by atoms with Crippen molar-refractivity contribution >= 4 is 39.5 Å². The second-order valence-electron chi connectivity index (χ2n) is 3.79. The van der Waals surface area contributed by atoms with E-state index >= 15 is 0 Å². The average molecular weight is 358 g/mol. The summed E-state index contributed by atoms with van der Waals surface area (Å²) in [6.07, 6.45) is 1.34. The number of rotatable bonds is 4. The highest BCUT2D eigenvalue weighted by molar-refractivity contribution is 9.10. The fraction of sp³-hybridized carbons (Fsp3) is 0.0909. The van der Waals surface area contributed by atoms with Crippen molar-refractivity contribution in [3.8, 4) is 0 Å². The number of aromatic nitrogens is 2. The summed E-state index contributed by atoms with van der Waals surface area (Å²) in [7, 11) is 1.64. The van der Waals surface area contributed by atoms with E-state index in [0.717, 1.165) is 11.8 Å². The molecule has 9 heteroatoms. The van der Waals surface area contributed by atoms with Crippen LogP contribution in [0.3, 0.4) is 0 Å². The minimum absolute atomic E-state index is 0.0971. The van der Waals surface area contributed by atoms with Crippen molar-refractivity contribution < 1.29 is 14.8 Å². The zero-order chi connectivity index (χ0) is 14.9. The number of benzene rings is 1. The number of aryl methyl sites for hydroxylation is 1. The average Bonchev–Trinajstić information content (AvgIpc) is 2.73. The molecule has 0 radical (unpaired) electrons. The smallest absolute Gasteiger partial charge is 0.396 e. The Labute approximate surface area is 125 Å². The standard InChI is InChI=1S/C11H8BrN3O4S/c1-14-5-13-9(15(18)19)10(14)20-6-2-3-8(12)7(4-6)11(16)17/h2-5H,1H3,(H,16,17). The van der Waals surface area contributed by atoms with Gasteiger partial charge >= 0.3 is 11.8 Å². The maximum Gasteiger partial charge on any atom is 0.396 e. The molecule has 7 nitrogen and oxygen atoms in total. The van der Waals surface area contributed by atoms with Gasteiger partial charge in [0.25, 0.3) is 0 Å². The van der Waals surface area contributed by atoms with Crippen molar-refractivity contribution in [1.29, 1.82) is 0 Å². The molecule has 0 amide bonds. The van der Waals surface area contributed by atoms with Crippen molar-refractivity contribution in [3.63, 3.8) is 0 Å². The van der Waals surface area contributed by atoms with Gasteiger partial charge in [0, 0.05) is 16.4 Å². The quantitative estimate of drug-likeness (QED) is 0.667. The van der Waals surface area contributed by atoms with Crippen molar-refractivity contribution in [3.05, 3.63) is 44.7 Å². The SMILES string of the molecule is Cn1cnc([N+](=O)[O-])c1Sc1ccc(Br)c(C(=O)O)c1. The second kappa shape index (κ2) is 5.63. The van der Waals surface area contributed by atoms with E-state index in [9.17, 15) is 14.9 Å². The van der Waals surface area contributed by atoms with Crippen LogP contribution in [-0.2, 0) is 7.05 Å². The number of hydrogen-bond acceptors (Lipinski definition) is 5. The van der Waals surface area contributed by atoms with E-state index in [2.05, 4.69) is 20.9 Å². The molecule has 2 aromatic rings. The van der Waals surface area contributed by atoms with Crippen LogP contribution in [0.2, 0.25) is 0 Å². The van der Waals surface area contributed by atoms with Crippen LogP contribution in [0.5, 0.6) is 0 Å². The van der Waals surface area contributed by atoms with Crippen molar-refractivity contribution in [1.82, 2.24) is 9.55 Å². The van der Waals surface area contributed by atoms with E-state index in [1.165, 1.54) is 17.0 Å². The van der Waals surface area contributed by atoms with Crippen molar-refractivity contribution in [2.75, 3.05) is 0 Å². The fourth-order valence-electron chi connectivity index (χ4n) is 1.49. The Balaban J connectivity index is 2.40. The molecule has 0 atom stereocenters. The zero-order valence-corrected chi connectivity index (χ0v) is 12.5. The molecule has 1 aromatic heterocycles. The molecule has 1 N–H and O–H groups in total. The monoisotopic (exact) mass is 357 g/mol. The van der Waals surface area contributed by atoms with Gasteiger partial charge in [0.1, 0.15) is 0 Å². The molecular formula is C11H8BrN3O4S. The first-order valence-corrected chi connectivity index (χ1v) is 6.87. The molecule has 0 spiro atoms. The van der Waals surface area contributed by atoms with Crippen LogP contribution >= 0.6 is 27.7 Å². The Morgan fingerprint density at radius 2 is 2.25 bits per heavy atom. The number of carboxylic acids is 1. The highest BCUT2D eigenvalue weighted by atomic mass is 79.9. The molecule has 0 aliphatic carbocycles. The molecule has 0 aliphatic heterocycles. The number of carbonyl (C=O) groups is 1. The molecule has 1 heterocycles. The molecule has 0 bridgehead atoms. The highest BCUT2D eigenvalue weighted by Gasteiger charge is 2.21. The van der Waals surface area contributed by atoms with E-state index < -0.39 is 10.9 Å². The minimum Gasteiger partial charge on any atom is -0.478 e. The lowest BCUT2D eigenvalue weighted by Gasteiger charge is -2.04. The van der Waals surface area contributed by atoms with Crippen LogP contribution in [0.25, 0.3) is 0 Å². The summed E-state index contributed by atoms with van der Waals surface area (Å²) in [4.78, 5) is 25.6. The molecular weight excluding hydrogens is 350 g/mol. The lowest BCUT2D eigenvalue weighted by atomic mass is 10.2. The summed E-state index contributed by atoms with van der Waals surface area (Å²) in [5.41, 5.74) is 0.0971. The van der Waals surface area contributed by atoms with Gasteiger partial charge in [0.05, 0.1) is 5.56 Å². The summed E-state index contributed by atoms with van der Waals surface area (Å²) in [5.74, 6) is -1.32. The van der Waals surface area contributed by atoms with E-state index in [-0.39, 0.29) is 11.4 Å². The lowest BCUT2D eigenvalue weighted by molar-refractivity contribution is -0.392. The first-order valence-electron chi connectivity index (χ1n) is 5.26. The molecule has 1 aromatic carbocycles. The zero-order valence-electron chi connectivity index (χ0n) is 10.1. The molecule has 0 unspecified atom stereocenters. The van der Waals surface area contributed by atoms with E-state index in [0.29, 0.717) is 14.4 Å². The lowest BCUT2D eigenvalue weighted by Crippen LogP contribution is -1.98. The molecule has 20 heavy (non-hydrogen) atoms. The fourth-order valence-corrected chi connectivity index (χ4v) is 2.85. The third-order valence-electron chi connectivity index (χ3n) is 2.42. The number of nitrogens with zero attached hydrogens (tertiary/aromatic N) is 3. The van der Waals surface area contributed by atoms with Crippen LogP contribution in [0.1, 0.15) is 10.4 Å². The van der Waals surface area contributed by atoms with Gasteiger partial charge in [-0.15, -0.1) is 0 Å². The predicted molar refractivity (Wildman–Crippen MR) is 75.1 cm³/mol. The van der Waals surface area contributed by atoms with E-state index in [4.69, 9.17) is 5.11 Å². The number of carboxylic acid groups (broad SMARTS) is 1. The Morgan fingerprint density at radius 1 is 1.55 bits per heavy atom. The molecule has 0 saturated carbocycles. The third kappa shape index (κ3) is 2.83. The second-order valence-corrected chi connectivity index (χ2v) is 5.71. The van der Waals surface area contributed by atoms with Crippen LogP contribution < -0.4 is 0 Å². The van der Waals surface area contributed by atoms with Gasteiger partial charge in [-0.25, -0.2) is 4.79 Å². The summed E-state index contributed by atoms with van der Waals surface area (Å²) >= 11 is 4.24. The van der Waals surface area contributed by atoms with Gasteiger partial charge in [-0.2, -0.15) is 0 Å². The van der Waals surface area contributed by atoms with Gasteiger partial charge < -0.3 is 19.8 Å². The van der Waals surface area contributed by atoms with Crippen LogP contribution in [0.15, 0.2) is 38.9 Å². The Bertz CT molecular complexity index is 701. The Morgan fingerprint density at radius 3 is 2.85 bits per heavy atom.